The minimum absolute atomic E-state index is 0.312. The predicted octanol–water partition coefficient (Wildman–Crippen LogP) is 28.5. The Bertz CT molecular complexity index is 8920. The lowest BCUT2D eigenvalue weighted by Gasteiger charge is -2.53. The molecule has 139 heavy (non-hydrogen) atoms. The van der Waals surface area contributed by atoms with Crippen molar-refractivity contribution in [1.29, 1.82) is 0 Å². The van der Waals surface area contributed by atoms with Crippen molar-refractivity contribution in [2.45, 2.75) is 0 Å². The highest BCUT2D eigenvalue weighted by Gasteiger charge is 2.56. The smallest absolute Gasteiger partial charge is 0.252 e. The summed E-state index contributed by atoms with van der Waals surface area (Å²) in [5, 5.41) is 9.05. The van der Waals surface area contributed by atoms with Crippen molar-refractivity contribution in [3.05, 3.63) is 485 Å². The van der Waals surface area contributed by atoms with Gasteiger partial charge in [-0.2, -0.15) is 0 Å². The van der Waals surface area contributed by atoms with Gasteiger partial charge in [0, 0.05) is 84.7 Å². The van der Waals surface area contributed by atoms with Crippen LogP contribution in [0, 0.1) is 0 Å². The molecule has 0 N–H and O–H groups in total. The summed E-state index contributed by atoms with van der Waals surface area (Å²) in [7, 11) is 0. The Hall–Kier alpha value is -17.9. The van der Waals surface area contributed by atoms with Crippen molar-refractivity contribution in [1.82, 2.24) is 0 Å². The highest BCUT2D eigenvalue weighted by Crippen LogP contribution is 2.61. The maximum Gasteiger partial charge on any atom is 0.252 e. The third-order valence-electron chi connectivity index (χ3n) is 30.5. The average molecular weight is 1760 g/mol. The van der Waals surface area contributed by atoms with Crippen LogP contribution in [-0.4, -0.2) is 20.1 Å². The Morgan fingerprint density at radius 1 is 0.144 bits per heavy atom. The van der Waals surface area contributed by atoms with Crippen LogP contribution in [0.4, 0.5) is 85.3 Å². The zero-order valence-electron chi connectivity index (χ0n) is 75.6. The van der Waals surface area contributed by atoms with E-state index in [9.17, 15) is 0 Å². The molecular formula is C130H80B3N5O. The molecule has 0 unspecified atom stereocenters. The molecule has 0 aliphatic carbocycles. The number of hydrogen-bond donors (Lipinski definition) is 0. The Morgan fingerprint density at radius 3 is 0.691 bits per heavy atom. The number of ether oxygens (including phenoxy) is 1. The van der Waals surface area contributed by atoms with Crippen LogP contribution in [-0.2, 0) is 0 Å². The van der Waals surface area contributed by atoms with Crippen LogP contribution in [0.25, 0.3) is 132 Å². The maximum atomic E-state index is 8.25. The standard InChI is InChI=1S/C130H80B3N5O/c1-9-34-81(35-10-1)95-60-96(82-36-11-2-12-37-82)65-103(64-95)134-115-58-33-59-116-123(115)131(109-72-89-50-25-27-52-91(89)76-117(109)134)111-78-112-120(79-119(111)135(116)104-66-97(83-38-13-3-14-39-83)61-98(67-104)84-40-15-4-16-41-84)137(106-70-101(87-46-21-7-22-47-87)63-102(71-106)88-48-23-8-24-49-88)122-80-121-124-128-125(122)133(112)114-75-94-55-30-32-57-108(94)130-127(114)138(128)126-113(74-93-54-29-31-56-107(93)129(126)139-130)132(124)110-73-90-51-26-28-53-92(90)77-118(110)136(121)105-68-99(85-42-17-5-18-43-85)62-100(69-105)86-44-19-6-20-45-86/h1-80H. The lowest BCUT2D eigenvalue weighted by Crippen LogP contribution is -2.69. The van der Waals surface area contributed by atoms with E-state index in [1.165, 1.54) is 71.0 Å². The van der Waals surface area contributed by atoms with Crippen LogP contribution >= 0.6 is 0 Å². The van der Waals surface area contributed by atoms with Gasteiger partial charge in [0.05, 0.1) is 11.4 Å². The van der Waals surface area contributed by atoms with E-state index in [4.69, 9.17) is 4.74 Å². The number of hydrogen-bond acceptors (Lipinski definition) is 6. The second-order valence-corrected chi connectivity index (χ2v) is 38.1. The van der Waals surface area contributed by atoms with E-state index in [-0.39, 0.29) is 13.4 Å². The fourth-order valence-corrected chi connectivity index (χ4v) is 24.5. The van der Waals surface area contributed by atoms with E-state index in [2.05, 4.69) is 510 Å². The van der Waals surface area contributed by atoms with Gasteiger partial charge >= 0.3 is 0 Å². The molecule has 9 heteroatoms. The minimum Gasteiger partial charge on any atom is -0.452 e. The van der Waals surface area contributed by atoms with Crippen LogP contribution in [0.2, 0.25) is 0 Å². The van der Waals surface area contributed by atoms with Crippen molar-refractivity contribution in [3.63, 3.8) is 0 Å². The number of fused-ring (bicyclic) bond motifs is 16. The van der Waals surface area contributed by atoms with Crippen LogP contribution < -0.4 is 78.4 Å². The first-order valence-electron chi connectivity index (χ1n) is 48.3. The molecule has 0 saturated heterocycles. The molecule has 0 atom stereocenters. The third kappa shape index (κ3) is 11.8. The molecule has 23 aromatic carbocycles. The zero-order valence-corrected chi connectivity index (χ0v) is 75.6. The molecular weight excluding hydrogens is 1680 g/mol. The van der Waals surface area contributed by atoms with Gasteiger partial charge in [-0.15, -0.1) is 0 Å². The van der Waals surface area contributed by atoms with E-state index >= 15 is 0 Å². The predicted molar refractivity (Wildman–Crippen MR) is 587 cm³/mol. The third-order valence-corrected chi connectivity index (χ3v) is 30.5. The topological polar surface area (TPSA) is 25.4 Å². The summed E-state index contributed by atoms with van der Waals surface area (Å²) in [5.74, 6) is 1.72. The molecule has 0 saturated carbocycles. The summed E-state index contributed by atoms with van der Waals surface area (Å²) < 4.78 is 8.25. The Morgan fingerprint density at radius 2 is 0.381 bits per heavy atom. The molecule has 0 amide bonds. The first kappa shape index (κ1) is 77.5. The zero-order chi connectivity index (χ0) is 90.8. The summed E-state index contributed by atoms with van der Waals surface area (Å²) in [4.78, 5) is 13.5. The largest absolute Gasteiger partial charge is 0.452 e. The van der Waals surface area contributed by atoms with Crippen LogP contribution in [0.1, 0.15) is 0 Å². The molecule has 30 rings (SSSR count). The molecule has 7 aliphatic heterocycles. The SMILES string of the molecule is c1ccc(-c2cc(-c3ccccc3)cc(N3c4cc5c(cc4B4c6cc7ccccc7cc6N(c6cc(-c7ccccc7)cc(-c7ccccc7)c6)c6cccc3c64)B3c4cc6ccccc6c6c4N4c7c3c(cc3c7B(c7cc8ccccc8cc7N3c3cc(-c7ccccc7)cc(-c7ccccc7)c3)c3cc7ccccc7c(c34)O6)N5c3cc(-c4ccccc4)cc(-c4ccccc4)c3)c2)cc1. The van der Waals surface area contributed by atoms with Crippen LogP contribution in [0.15, 0.2) is 485 Å². The van der Waals surface area contributed by atoms with Gasteiger partial charge in [0.1, 0.15) is 0 Å². The normalized spacial score (nSPS) is 13.3. The molecule has 23 aromatic rings. The lowest BCUT2D eigenvalue weighted by molar-refractivity contribution is 0.489. The lowest BCUT2D eigenvalue weighted by atomic mass is 9.27. The molecule has 0 spiro atoms. The second kappa shape index (κ2) is 30.3. The summed E-state index contributed by atoms with van der Waals surface area (Å²) in [5.41, 5.74) is 45.3. The Labute approximate surface area is 807 Å². The fraction of sp³-hybridized carbons (Fsp3) is 0. The van der Waals surface area contributed by atoms with E-state index in [0.29, 0.717) is 0 Å². The fourth-order valence-electron chi connectivity index (χ4n) is 24.5. The van der Waals surface area contributed by atoms with Crippen LogP contribution in [0.5, 0.6) is 11.5 Å². The number of rotatable bonds is 12. The molecule has 0 radical (unpaired) electrons. The number of benzene rings is 23. The second-order valence-electron chi connectivity index (χ2n) is 38.1. The van der Waals surface area contributed by atoms with Gasteiger partial charge in [-0.1, -0.05) is 376 Å². The van der Waals surface area contributed by atoms with E-state index in [1.54, 1.807) is 0 Å². The summed E-state index contributed by atoms with van der Waals surface area (Å²) in [6.07, 6.45) is 0. The molecule has 6 nitrogen and oxygen atoms in total. The van der Waals surface area contributed by atoms with Gasteiger partial charge < -0.3 is 29.2 Å². The van der Waals surface area contributed by atoms with E-state index in [1.807, 2.05) is 0 Å². The monoisotopic (exact) mass is 1760 g/mol. The van der Waals surface area contributed by atoms with Crippen molar-refractivity contribution >= 4 is 198 Å². The van der Waals surface area contributed by atoms with Gasteiger partial charge in [-0.05, 0) is 280 Å². The highest BCUT2D eigenvalue weighted by molar-refractivity contribution is 7.06. The number of anilines is 15. The van der Waals surface area contributed by atoms with Crippen molar-refractivity contribution in [2.24, 2.45) is 0 Å². The van der Waals surface area contributed by atoms with Gasteiger partial charge in [-0.25, -0.2) is 0 Å². The molecule has 0 aromatic heterocycles. The van der Waals surface area contributed by atoms with Crippen LogP contribution in [0.3, 0.4) is 0 Å². The van der Waals surface area contributed by atoms with Gasteiger partial charge in [0.25, 0.3) is 20.1 Å². The van der Waals surface area contributed by atoms with E-state index < -0.39 is 6.71 Å². The molecule has 7 heterocycles. The van der Waals surface area contributed by atoms with Gasteiger partial charge in [0.15, 0.2) is 11.5 Å². The number of nitrogens with zero attached hydrogens (tertiary/aromatic N) is 5. The first-order chi connectivity index (χ1) is 68.9. The molecule has 0 fully saturated rings. The maximum absolute atomic E-state index is 8.25. The Kier molecular flexibility index (Phi) is 16.9. The average Bonchev–Trinajstić information content (AvgIpc) is 0.651. The van der Waals surface area contributed by atoms with Crippen molar-refractivity contribution in [3.8, 4) is 101 Å². The quantitative estimate of drug-likeness (QED) is 0.113. The molecule has 0 bridgehead atoms. The first-order valence-corrected chi connectivity index (χ1v) is 48.3. The molecule has 640 valence electrons. The summed E-state index contributed by atoms with van der Waals surface area (Å²) >= 11 is 0. The minimum atomic E-state index is -0.429. The highest BCUT2D eigenvalue weighted by atomic mass is 16.5. The molecule has 7 aliphatic rings. The summed E-state index contributed by atoms with van der Waals surface area (Å²) in [6.45, 7) is -1.08. The Balaban J connectivity index is 0.779. The summed E-state index contributed by atoms with van der Waals surface area (Å²) in [6, 6.07) is 184. The van der Waals surface area contributed by atoms with Gasteiger partial charge in [-0.3, -0.25) is 0 Å². The van der Waals surface area contributed by atoms with E-state index in [0.717, 1.165) is 207 Å². The van der Waals surface area contributed by atoms with Crippen molar-refractivity contribution < 1.29 is 4.74 Å². The van der Waals surface area contributed by atoms with Gasteiger partial charge in [0.2, 0.25) is 0 Å². The van der Waals surface area contributed by atoms with Crippen molar-refractivity contribution in [2.75, 3.05) is 24.5 Å².